The van der Waals surface area contributed by atoms with Crippen molar-refractivity contribution in [3.05, 3.63) is 50.6 Å². The summed E-state index contributed by atoms with van der Waals surface area (Å²) in [7, 11) is 0. The predicted octanol–water partition coefficient (Wildman–Crippen LogP) is 5.90. The fourth-order valence-electron chi connectivity index (χ4n) is 2.84. The molecule has 0 unspecified atom stereocenters. The summed E-state index contributed by atoms with van der Waals surface area (Å²) in [4.78, 5) is 23.7. The highest BCUT2D eigenvalue weighted by molar-refractivity contribution is 7.98. The summed E-state index contributed by atoms with van der Waals surface area (Å²) in [5, 5.41) is 1.49. The zero-order chi connectivity index (χ0) is 18.7. The molecule has 26 heavy (non-hydrogen) atoms. The standard InChI is InChI=1S/C20H24N2OS3/c1-5-12(2)10-16-13(3)26-19-17(16)18(23)21-20(22-19)25-11-14-6-8-15(24-4)9-7-14/h6-9,12H,5,10-11H2,1-4H3,(H,21,22,23)/t12-/m0/s1. The van der Waals surface area contributed by atoms with Crippen LogP contribution >= 0.6 is 34.9 Å². The van der Waals surface area contributed by atoms with Crippen LogP contribution in [0.5, 0.6) is 0 Å². The molecule has 0 aliphatic rings. The van der Waals surface area contributed by atoms with E-state index >= 15 is 0 Å². The number of aromatic nitrogens is 2. The van der Waals surface area contributed by atoms with Gasteiger partial charge >= 0.3 is 0 Å². The molecule has 1 aromatic carbocycles. The van der Waals surface area contributed by atoms with Gasteiger partial charge in [-0.05, 0) is 48.8 Å². The topological polar surface area (TPSA) is 45.8 Å². The van der Waals surface area contributed by atoms with E-state index in [0.29, 0.717) is 11.1 Å². The minimum absolute atomic E-state index is 0.00196. The van der Waals surface area contributed by atoms with E-state index in [-0.39, 0.29) is 5.56 Å². The van der Waals surface area contributed by atoms with Gasteiger partial charge in [-0.3, -0.25) is 4.79 Å². The van der Waals surface area contributed by atoms with Gasteiger partial charge < -0.3 is 4.98 Å². The van der Waals surface area contributed by atoms with Gasteiger partial charge in [-0.1, -0.05) is 44.2 Å². The number of thiophene rings is 1. The summed E-state index contributed by atoms with van der Waals surface area (Å²) in [6, 6.07) is 8.53. The Morgan fingerprint density at radius 1 is 1.27 bits per heavy atom. The molecule has 6 heteroatoms. The van der Waals surface area contributed by atoms with Crippen molar-refractivity contribution in [2.75, 3.05) is 6.26 Å². The largest absolute Gasteiger partial charge is 0.301 e. The Kier molecular flexibility index (Phi) is 6.48. The minimum atomic E-state index is -0.00196. The van der Waals surface area contributed by atoms with Crippen molar-refractivity contribution in [1.82, 2.24) is 9.97 Å². The third kappa shape index (κ3) is 4.35. The SMILES string of the molecule is CC[C@H](C)Cc1c(C)sc2nc(SCc3ccc(SC)cc3)[nH]c(=O)c12. The lowest BCUT2D eigenvalue weighted by atomic mass is 9.98. The van der Waals surface area contributed by atoms with Crippen molar-refractivity contribution in [3.63, 3.8) is 0 Å². The molecule has 0 saturated heterocycles. The molecule has 0 saturated carbocycles. The summed E-state index contributed by atoms with van der Waals surface area (Å²) < 4.78 is 0. The summed E-state index contributed by atoms with van der Waals surface area (Å²) in [5.74, 6) is 1.37. The monoisotopic (exact) mass is 404 g/mol. The molecule has 2 aromatic heterocycles. The quantitative estimate of drug-likeness (QED) is 0.393. The molecule has 0 bridgehead atoms. The lowest BCUT2D eigenvalue weighted by Gasteiger charge is -2.08. The fourth-order valence-corrected chi connectivity index (χ4v) is 5.17. The van der Waals surface area contributed by atoms with Gasteiger partial charge in [0.1, 0.15) is 4.83 Å². The molecular formula is C20H24N2OS3. The second-order valence-electron chi connectivity index (χ2n) is 6.54. The number of H-pyrrole nitrogens is 1. The third-order valence-corrected chi connectivity index (χ3v) is 7.35. The maximum absolute atomic E-state index is 12.7. The maximum atomic E-state index is 12.7. The molecule has 0 radical (unpaired) electrons. The Hall–Kier alpha value is -1.24. The van der Waals surface area contributed by atoms with Crippen LogP contribution in [0.4, 0.5) is 0 Å². The number of benzene rings is 1. The van der Waals surface area contributed by atoms with Crippen molar-refractivity contribution in [2.24, 2.45) is 5.92 Å². The molecule has 2 heterocycles. The van der Waals surface area contributed by atoms with Crippen molar-refractivity contribution in [3.8, 4) is 0 Å². The van der Waals surface area contributed by atoms with E-state index in [1.165, 1.54) is 20.9 Å². The predicted molar refractivity (Wildman–Crippen MR) is 116 cm³/mol. The van der Waals surface area contributed by atoms with E-state index < -0.39 is 0 Å². The number of fused-ring (bicyclic) bond motifs is 1. The Morgan fingerprint density at radius 3 is 2.65 bits per heavy atom. The molecule has 0 aliphatic heterocycles. The van der Waals surface area contributed by atoms with Crippen LogP contribution in [0.15, 0.2) is 39.1 Å². The van der Waals surface area contributed by atoms with Crippen LogP contribution in [-0.2, 0) is 12.2 Å². The Morgan fingerprint density at radius 2 is 2.00 bits per heavy atom. The van der Waals surface area contributed by atoms with E-state index in [9.17, 15) is 4.79 Å². The number of hydrogen-bond donors (Lipinski definition) is 1. The third-order valence-electron chi connectivity index (χ3n) is 4.63. The first kappa shape index (κ1) is 19.5. The number of nitrogens with zero attached hydrogens (tertiary/aromatic N) is 1. The van der Waals surface area contributed by atoms with E-state index in [0.717, 1.165) is 28.8 Å². The van der Waals surface area contributed by atoms with Crippen LogP contribution < -0.4 is 5.56 Å². The molecule has 138 valence electrons. The minimum Gasteiger partial charge on any atom is -0.301 e. The molecular weight excluding hydrogens is 380 g/mol. The van der Waals surface area contributed by atoms with E-state index in [4.69, 9.17) is 4.98 Å². The molecule has 3 nitrogen and oxygen atoms in total. The van der Waals surface area contributed by atoms with Crippen LogP contribution in [0, 0.1) is 12.8 Å². The van der Waals surface area contributed by atoms with Crippen molar-refractivity contribution < 1.29 is 0 Å². The molecule has 3 rings (SSSR count). The van der Waals surface area contributed by atoms with Crippen LogP contribution in [0.25, 0.3) is 10.2 Å². The second kappa shape index (κ2) is 8.63. The number of nitrogens with one attached hydrogen (secondary N) is 1. The molecule has 3 aromatic rings. The molecule has 0 spiro atoms. The lowest BCUT2D eigenvalue weighted by molar-refractivity contribution is 0.561. The average Bonchev–Trinajstić information content (AvgIpc) is 2.96. The zero-order valence-corrected chi connectivity index (χ0v) is 18.0. The summed E-state index contributed by atoms with van der Waals surface area (Å²) in [6.45, 7) is 6.53. The van der Waals surface area contributed by atoms with Gasteiger partial charge in [-0.25, -0.2) is 4.98 Å². The van der Waals surface area contributed by atoms with Gasteiger partial charge in [-0.2, -0.15) is 0 Å². The number of hydrogen-bond acceptors (Lipinski definition) is 5. The number of rotatable bonds is 7. The highest BCUT2D eigenvalue weighted by Gasteiger charge is 2.16. The Balaban J connectivity index is 1.83. The highest BCUT2D eigenvalue weighted by atomic mass is 32.2. The van der Waals surface area contributed by atoms with Crippen molar-refractivity contribution >= 4 is 45.1 Å². The van der Waals surface area contributed by atoms with Gasteiger partial charge in [0.05, 0.1) is 5.39 Å². The van der Waals surface area contributed by atoms with Crippen molar-refractivity contribution in [2.45, 2.75) is 49.4 Å². The maximum Gasteiger partial charge on any atom is 0.260 e. The van der Waals surface area contributed by atoms with Gasteiger partial charge in [0.15, 0.2) is 5.16 Å². The summed E-state index contributed by atoms with van der Waals surface area (Å²) in [6.07, 6.45) is 4.14. The lowest BCUT2D eigenvalue weighted by Crippen LogP contribution is -2.11. The van der Waals surface area contributed by atoms with E-state index in [2.05, 4.69) is 56.3 Å². The first-order chi connectivity index (χ1) is 12.5. The number of thioether (sulfide) groups is 2. The van der Waals surface area contributed by atoms with E-state index in [1.807, 2.05) is 0 Å². The molecule has 0 amide bonds. The van der Waals surface area contributed by atoms with Crippen LogP contribution in [0.2, 0.25) is 0 Å². The summed E-state index contributed by atoms with van der Waals surface area (Å²) >= 11 is 4.96. The Labute approximate surface area is 167 Å². The first-order valence-corrected chi connectivity index (χ1v) is 11.8. The summed E-state index contributed by atoms with van der Waals surface area (Å²) in [5.41, 5.74) is 2.41. The molecule has 0 aliphatic carbocycles. The van der Waals surface area contributed by atoms with Crippen LogP contribution in [0.1, 0.15) is 36.3 Å². The van der Waals surface area contributed by atoms with Gasteiger partial charge in [0.25, 0.3) is 5.56 Å². The van der Waals surface area contributed by atoms with Crippen molar-refractivity contribution in [1.29, 1.82) is 0 Å². The highest BCUT2D eigenvalue weighted by Crippen LogP contribution is 2.31. The van der Waals surface area contributed by atoms with E-state index in [1.54, 1.807) is 34.9 Å². The van der Waals surface area contributed by atoms with Gasteiger partial charge in [0, 0.05) is 15.5 Å². The number of aromatic amines is 1. The van der Waals surface area contributed by atoms with Gasteiger partial charge in [0.2, 0.25) is 0 Å². The van der Waals surface area contributed by atoms with Crippen LogP contribution in [0.3, 0.4) is 0 Å². The zero-order valence-electron chi connectivity index (χ0n) is 15.6. The molecule has 1 N–H and O–H groups in total. The smallest absolute Gasteiger partial charge is 0.260 e. The number of aryl methyl sites for hydroxylation is 1. The average molecular weight is 405 g/mol. The molecule has 0 fully saturated rings. The van der Waals surface area contributed by atoms with Gasteiger partial charge in [-0.15, -0.1) is 23.1 Å². The Bertz CT molecular complexity index is 944. The fraction of sp³-hybridized carbons (Fsp3) is 0.400. The second-order valence-corrected chi connectivity index (χ2v) is 9.59. The van der Waals surface area contributed by atoms with Crippen LogP contribution in [-0.4, -0.2) is 16.2 Å². The normalized spacial score (nSPS) is 12.6. The first-order valence-electron chi connectivity index (χ1n) is 8.79. The molecule has 1 atom stereocenters.